The summed E-state index contributed by atoms with van der Waals surface area (Å²) in [5, 5.41) is 18.2. The Morgan fingerprint density at radius 3 is 2.20 bits per heavy atom. The highest BCUT2D eigenvalue weighted by molar-refractivity contribution is 5.83. The van der Waals surface area contributed by atoms with Gasteiger partial charge in [0.25, 0.3) is 0 Å². The lowest BCUT2D eigenvalue weighted by atomic mass is 10.1. The number of carboxylic acids is 2. The molecule has 20 heavy (non-hydrogen) atoms. The number of carbonyl (C=O) groups is 3. The van der Waals surface area contributed by atoms with Gasteiger partial charge in [0.15, 0.2) is 0 Å². The standard InChI is InChI=1S/C13H16N2O5/c14-11(16)7-6-10(13(19)20)15(8-12(17)18)9-4-2-1-3-5-9/h1-5,10H,6-8H2,(H2,14,16)(H,17,18)(H,19,20). The molecule has 1 amide bonds. The van der Waals surface area contributed by atoms with Crippen molar-refractivity contribution < 1.29 is 24.6 Å². The second-order valence-corrected chi connectivity index (χ2v) is 4.22. The van der Waals surface area contributed by atoms with Crippen LogP contribution in [-0.4, -0.2) is 40.6 Å². The highest BCUT2D eigenvalue weighted by Crippen LogP contribution is 2.19. The van der Waals surface area contributed by atoms with Crippen LogP contribution >= 0.6 is 0 Å². The summed E-state index contributed by atoms with van der Waals surface area (Å²) in [5.41, 5.74) is 5.48. The molecule has 0 bridgehead atoms. The van der Waals surface area contributed by atoms with Gasteiger partial charge in [0.1, 0.15) is 12.6 Å². The molecule has 0 radical (unpaired) electrons. The molecule has 4 N–H and O–H groups in total. The van der Waals surface area contributed by atoms with Gasteiger partial charge in [-0.15, -0.1) is 0 Å². The van der Waals surface area contributed by atoms with Gasteiger partial charge in [0, 0.05) is 12.1 Å². The number of primary amides is 1. The molecule has 0 aromatic heterocycles. The number of amides is 1. The first-order valence-electron chi connectivity index (χ1n) is 5.96. The first-order chi connectivity index (χ1) is 9.41. The van der Waals surface area contributed by atoms with Crippen LogP contribution in [0, 0.1) is 0 Å². The van der Waals surface area contributed by atoms with Crippen molar-refractivity contribution in [1.82, 2.24) is 0 Å². The third-order valence-electron chi connectivity index (χ3n) is 2.72. The Balaban J connectivity index is 3.01. The van der Waals surface area contributed by atoms with Crippen molar-refractivity contribution in [2.75, 3.05) is 11.4 Å². The quantitative estimate of drug-likeness (QED) is 0.629. The Labute approximate surface area is 115 Å². The van der Waals surface area contributed by atoms with E-state index >= 15 is 0 Å². The molecule has 1 rings (SSSR count). The summed E-state index contributed by atoms with van der Waals surface area (Å²) in [7, 11) is 0. The van der Waals surface area contributed by atoms with Gasteiger partial charge >= 0.3 is 11.9 Å². The third-order valence-corrected chi connectivity index (χ3v) is 2.72. The molecule has 1 aromatic carbocycles. The Hall–Kier alpha value is -2.57. The van der Waals surface area contributed by atoms with Crippen molar-refractivity contribution in [3.8, 4) is 0 Å². The van der Waals surface area contributed by atoms with E-state index in [1.165, 1.54) is 4.90 Å². The van der Waals surface area contributed by atoms with Crippen molar-refractivity contribution in [1.29, 1.82) is 0 Å². The number of aliphatic carboxylic acids is 2. The number of nitrogens with zero attached hydrogens (tertiary/aromatic N) is 1. The second kappa shape index (κ2) is 7.13. The maximum atomic E-state index is 11.3. The van der Waals surface area contributed by atoms with Gasteiger partial charge in [0.05, 0.1) is 0 Å². The number of carboxylic acid groups (broad SMARTS) is 2. The number of carbonyl (C=O) groups excluding carboxylic acids is 1. The van der Waals surface area contributed by atoms with E-state index in [0.29, 0.717) is 5.69 Å². The van der Waals surface area contributed by atoms with E-state index in [2.05, 4.69) is 0 Å². The van der Waals surface area contributed by atoms with Crippen LogP contribution in [0.3, 0.4) is 0 Å². The van der Waals surface area contributed by atoms with Crippen molar-refractivity contribution in [2.24, 2.45) is 5.73 Å². The third kappa shape index (κ3) is 4.60. The van der Waals surface area contributed by atoms with Crippen molar-refractivity contribution in [3.05, 3.63) is 30.3 Å². The van der Waals surface area contributed by atoms with Crippen LogP contribution < -0.4 is 10.6 Å². The van der Waals surface area contributed by atoms with Gasteiger partial charge in [-0.25, -0.2) is 4.79 Å². The van der Waals surface area contributed by atoms with E-state index in [-0.39, 0.29) is 12.8 Å². The van der Waals surface area contributed by atoms with Crippen LogP contribution in [0.4, 0.5) is 5.69 Å². The molecule has 0 aliphatic rings. The summed E-state index contributed by atoms with van der Waals surface area (Å²) in [5.74, 6) is -2.98. The number of nitrogens with two attached hydrogens (primary N) is 1. The number of benzene rings is 1. The fourth-order valence-electron chi connectivity index (χ4n) is 1.84. The summed E-state index contributed by atoms with van der Waals surface area (Å²) >= 11 is 0. The Kier molecular flexibility index (Phi) is 5.52. The molecule has 0 saturated carbocycles. The van der Waals surface area contributed by atoms with Crippen molar-refractivity contribution in [3.63, 3.8) is 0 Å². The predicted molar refractivity (Wildman–Crippen MR) is 71.3 cm³/mol. The topological polar surface area (TPSA) is 121 Å². The zero-order chi connectivity index (χ0) is 15.1. The summed E-state index contributed by atoms with van der Waals surface area (Å²) in [6.45, 7) is -0.472. The number of anilines is 1. The molecular weight excluding hydrogens is 264 g/mol. The van der Waals surface area contributed by atoms with Crippen molar-refractivity contribution >= 4 is 23.5 Å². The minimum absolute atomic E-state index is 0.0488. The van der Waals surface area contributed by atoms with Gasteiger partial charge in [0.2, 0.25) is 5.91 Å². The molecule has 1 aromatic rings. The SMILES string of the molecule is NC(=O)CCC(C(=O)O)N(CC(=O)O)c1ccccc1. The first kappa shape index (κ1) is 15.5. The Bertz CT molecular complexity index is 489. The molecule has 7 nitrogen and oxygen atoms in total. The van der Waals surface area contributed by atoms with E-state index in [1.54, 1.807) is 30.3 Å². The molecule has 1 unspecified atom stereocenters. The fraction of sp³-hybridized carbons (Fsp3) is 0.308. The number of hydrogen-bond donors (Lipinski definition) is 3. The van der Waals surface area contributed by atoms with Crippen LogP contribution in [0.1, 0.15) is 12.8 Å². The molecule has 0 heterocycles. The van der Waals surface area contributed by atoms with Gasteiger partial charge in [-0.05, 0) is 18.6 Å². The van der Waals surface area contributed by atoms with Gasteiger partial charge < -0.3 is 20.8 Å². The monoisotopic (exact) mass is 280 g/mol. The van der Waals surface area contributed by atoms with Gasteiger partial charge in [-0.3, -0.25) is 9.59 Å². The molecule has 0 fully saturated rings. The summed E-state index contributed by atoms with van der Waals surface area (Å²) in [4.78, 5) is 34.3. The zero-order valence-corrected chi connectivity index (χ0v) is 10.7. The lowest BCUT2D eigenvalue weighted by molar-refractivity contribution is -0.139. The average Bonchev–Trinajstić information content (AvgIpc) is 2.37. The number of para-hydroxylation sites is 1. The molecule has 0 spiro atoms. The van der Waals surface area contributed by atoms with Crippen LogP contribution in [-0.2, 0) is 14.4 Å². The highest BCUT2D eigenvalue weighted by atomic mass is 16.4. The van der Waals surface area contributed by atoms with E-state index in [4.69, 9.17) is 10.8 Å². The number of rotatable bonds is 8. The van der Waals surface area contributed by atoms with E-state index in [0.717, 1.165) is 0 Å². The summed E-state index contributed by atoms with van der Waals surface area (Å²) in [6, 6.07) is 7.20. The lowest BCUT2D eigenvalue weighted by Crippen LogP contribution is -2.44. The largest absolute Gasteiger partial charge is 0.480 e. The first-order valence-corrected chi connectivity index (χ1v) is 5.96. The van der Waals surface area contributed by atoms with Crippen LogP contribution in [0.5, 0.6) is 0 Å². The molecule has 1 atom stereocenters. The van der Waals surface area contributed by atoms with Gasteiger partial charge in [-0.2, -0.15) is 0 Å². The molecular formula is C13H16N2O5. The maximum Gasteiger partial charge on any atom is 0.326 e. The molecule has 0 saturated heterocycles. The molecule has 0 aliphatic carbocycles. The molecule has 7 heteroatoms. The van der Waals surface area contributed by atoms with E-state index < -0.39 is 30.4 Å². The minimum Gasteiger partial charge on any atom is -0.480 e. The fourth-order valence-corrected chi connectivity index (χ4v) is 1.84. The lowest BCUT2D eigenvalue weighted by Gasteiger charge is -2.29. The molecule has 108 valence electrons. The minimum atomic E-state index is -1.20. The average molecular weight is 280 g/mol. The normalized spacial score (nSPS) is 11.6. The van der Waals surface area contributed by atoms with Gasteiger partial charge in [-0.1, -0.05) is 18.2 Å². The van der Waals surface area contributed by atoms with Crippen LogP contribution in [0.2, 0.25) is 0 Å². The van der Waals surface area contributed by atoms with Crippen molar-refractivity contribution in [2.45, 2.75) is 18.9 Å². The summed E-state index contributed by atoms with van der Waals surface area (Å²) in [6.07, 6.45) is -0.174. The summed E-state index contributed by atoms with van der Waals surface area (Å²) < 4.78 is 0. The smallest absolute Gasteiger partial charge is 0.326 e. The van der Waals surface area contributed by atoms with Crippen LogP contribution in [0.25, 0.3) is 0 Å². The van der Waals surface area contributed by atoms with E-state index in [1.807, 2.05) is 0 Å². The highest BCUT2D eigenvalue weighted by Gasteiger charge is 2.27. The Morgan fingerprint density at radius 1 is 1.15 bits per heavy atom. The zero-order valence-electron chi connectivity index (χ0n) is 10.7. The maximum absolute atomic E-state index is 11.3. The second-order valence-electron chi connectivity index (χ2n) is 4.22. The van der Waals surface area contributed by atoms with Crippen LogP contribution in [0.15, 0.2) is 30.3 Å². The number of hydrogen-bond acceptors (Lipinski definition) is 4. The Morgan fingerprint density at radius 2 is 1.75 bits per heavy atom. The molecule has 0 aliphatic heterocycles. The predicted octanol–water partition coefficient (Wildman–Crippen LogP) is 0.296. The van der Waals surface area contributed by atoms with E-state index in [9.17, 15) is 19.5 Å².